The van der Waals surface area contributed by atoms with Crippen molar-refractivity contribution < 1.29 is 29.0 Å². The van der Waals surface area contributed by atoms with Gasteiger partial charge in [0, 0.05) is 23.1 Å². The van der Waals surface area contributed by atoms with Crippen LogP contribution in [-0.2, 0) is 23.9 Å². The van der Waals surface area contributed by atoms with Gasteiger partial charge in [0.1, 0.15) is 22.5 Å². The number of thiazole rings is 1. The maximum absolute atomic E-state index is 13.1. The van der Waals surface area contributed by atoms with E-state index in [1.165, 1.54) is 16.2 Å². The number of carbonyl (C=O) groups is 3. The van der Waals surface area contributed by atoms with E-state index in [2.05, 4.69) is 4.98 Å². The van der Waals surface area contributed by atoms with Gasteiger partial charge in [-0.25, -0.2) is 9.78 Å². The van der Waals surface area contributed by atoms with Crippen LogP contribution in [0.2, 0.25) is 0 Å². The molecule has 4 rings (SSSR count). The minimum atomic E-state index is -0.843. The first-order valence-corrected chi connectivity index (χ1v) is 10.9. The van der Waals surface area contributed by atoms with Crippen LogP contribution in [0.25, 0.3) is 10.4 Å². The second-order valence-corrected chi connectivity index (χ2v) is 9.85. The SMILES string of the molecule is C[C@@H](O)[C@H]1C(=O)N2C(C(=O)OCOC(=O)C(C)(C)C)=C(c3ncn4ccsc34)[C@H](C)[C@H]12. The van der Waals surface area contributed by atoms with Crippen molar-refractivity contribution in [3.8, 4) is 0 Å². The minimum absolute atomic E-state index is 0.0974. The lowest BCUT2D eigenvalue weighted by molar-refractivity contribution is -0.175. The van der Waals surface area contributed by atoms with E-state index < -0.39 is 36.2 Å². The summed E-state index contributed by atoms with van der Waals surface area (Å²) < 4.78 is 12.1. The van der Waals surface area contributed by atoms with E-state index in [0.717, 1.165) is 4.83 Å². The Labute approximate surface area is 183 Å². The highest BCUT2D eigenvalue weighted by atomic mass is 32.1. The van der Waals surface area contributed by atoms with Crippen molar-refractivity contribution in [2.75, 3.05) is 6.79 Å². The molecular formula is C21H25N3O6S. The number of ether oxygens (including phenoxy) is 2. The summed E-state index contributed by atoms with van der Waals surface area (Å²) >= 11 is 1.47. The molecule has 0 aliphatic carbocycles. The molecule has 2 aromatic heterocycles. The summed E-state index contributed by atoms with van der Waals surface area (Å²) in [5.41, 5.74) is 0.564. The Hall–Kier alpha value is -2.72. The molecule has 31 heavy (non-hydrogen) atoms. The summed E-state index contributed by atoms with van der Waals surface area (Å²) in [7, 11) is 0. The highest BCUT2D eigenvalue weighted by Gasteiger charge is 2.60. The zero-order chi connectivity index (χ0) is 22.7. The minimum Gasteiger partial charge on any atom is -0.427 e. The van der Waals surface area contributed by atoms with Crippen LogP contribution in [0.5, 0.6) is 0 Å². The molecule has 4 heterocycles. The number of hydrogen-bond acceptors (Lipinski definition) is 8. The Morgan fingerprint density at radius 3 is 2.68 bits per heavy atom. The fourth-order valence-corrected chi connectivity index (χ4v) is 5.03. The van der Waals surface area contributed by atoms with Crippen molar-refractivity contribution >= 4 is 39.6 Å². The van der Waals surface area contributed by atoms with Gasteiger partial charge in [-0.05, 0) is 27.7 Å². The molecule has 1 fully saturated rings. The van der Waals surface area contributed by atoms with Gasteiger partial charge >= 0.3 is 11.9 Å². The number of esters is 2. The highest BCUT2D eigenvalue weighted by Crippen LogP contribution is 2.51. The molecule has 0 saturated carbocycles. The van der Waals surface area contributed by atoms with E-state index in [1.807, 2.05) is 22.9 Å². The van der Waals surface area contributed by atoms with Crippen molar-refractivity contribution in [2.24, 2.45) is 17.3 Å². The normalized spacial score (nSPS) is 24.3. The second kappa shape index (κ2) is 7.45. The lowest BCUT2D eigenvalue weighted by atomic mass is 9.77. The van der Waals surface area contributed by atoms with Crippen molar-refractivity contribution in [3.63, 3.8) is 0 Å². The average Bonchev–Trinajstić information content (AvgIpc) is 3.33. The molecule has 9 nitrogen and oxygen atoms in total. The Morgan fingerprint density at radius 2 is 2.03 bits per heavy atom. The Morgan fingerprint density at radius 1 is 1.32 bits per heavy atom. The number of imidazole rings is 1. The van der Waals surface area contributed by atoms with Gasteiger partial charge in [-0.3, -0.25) is 14.0 Å². The summed E-state index contributed by atoms with van der Waals surface area (Å²) in [4.78, 5) is 44.5. The molecule has 2 aromatic rings. The number of aliphatic hydroxyl groups excluding tert-OH is 1. The van der Waals surface area contributed by atoms with Crippen LogP contribution in [0, 0.1) is 17.3 Å². The number of fused-ring (bicyclic) bond motifs is 2. The van der Waals surface area contributed by atoms with Gasteiger partial charge in [0.15, 0.2) is 0 Å². The number of aromatic nitrogens is 2. The Kier molecular flexibility index (Phi) is 5.17. The fraction of sp³-hybridized carbons (Fsp3) is 0.524. The molecule has 1 N–H and O–H groups in total. The average molecular weight is 448 g/mol. The lowest BCUT2D eigenvalue weighted by Gasteiger charge is -2.46. The summed E-state index contributed by atoms with van der Waals surface area (Å²) in [5, 5.41) is 12.0. The molecule has 1 amide bonds. The van der Waals surface area contributed by atoms with E-state index in [0.29, 0.717) is 11.3 Å². The molecule has 0 spiro atoms. The molecule has 1 saturated heterocycles. The first-order valence-electron chi connectivity index (χ1n) is 10.0. The Bertz CT molecular complexity index is 1090. The fourth-order valence-electron chi connectivity index (χ4n) is 4.21. The number of hydrogen-bond donors (Lipinski definition) is 1. The topological polar surface area (TPSA) is 110 Å². The van der Waals surface area contributed by atoms with Gasteiger partial charge in [-0.1, -0.05) is 6.92 Å². The largest absolute Gasteiger partial charge is 0.427 e. The van der Waals surface area contributed by atoms with Crippen molar-refractivity contribution in [2.45, 2.75) is 46.8 Å². The smallest absolute Gasteiger partial charge is 0.358 e. The molecule has 2 aliphatic rings. The van der Waals surface area contributed by atoms with E-state index >= 15 is 0 Å². The van der Waals surface area contributed by atoms with Crippen LogP contribution < -0.4 is 0 Å². The summed E-state index contributed by atoms with van der Waals surface area (Å²) in [6.07, 6.45) is 2.67. The summed E-state index contributed by atoms with van der Waals surface area (Å²) in [6, 6.07) is -0.362. The zero-order valence-corrected chi connectivity index (χ0v) is 18.8. The van der Waals surface area contributed by atoms with Gasteiger partial charge in [0.25, 0.3) is 0 Å². The van der Waals surface area contributed by atoms with Crippen LogP contribution in [0.4, 0.5) is 0 Å². The second-order valence-electron chi connectivity index (χ2n) is 8.96. The van der Waals surface area contributed by atoms with Gasteiger partial charge in [0.05, 0.1) is 23.5 Å². The van der Waals surface area contributed by atoms with E-state index in [4.69, 9.17) is 9.47 Å². The van der Waals surface area contributed by atoms with Gasteiger partial charge in [-0.15, -0.1) is 11.3 Å². The monoisotopic (exact) mass is 447 g/mol. The summed E-state index contributed by atoms with van der Waals surface area (Å²) in [6.45, 7) is 8.02. The quantitative estimate of drug-likeness (QED) is 0.424. The lowest BCUT2D eigenvalue weighted by Crippen LogP contribution is -2.63. The molecule has 0 bridgehead atoms. The highest BCUT2D eigenvalue weighted by molar-refractivity contribution is 7.15. The van der Waals surface area contributed by atoms with Crippen LogP contribution in [0.3, 0.4) is 0 Å². The van der Waals surface area contributed by atoms with Crippen LogP contribution >= 0.6 is 11.3 Å². The van der Waals surface area contributed by atoms with Crippen LogP contribution in [-0.4, -0.2) is 56.2 Å². The molecule has 166 valence electrons. The third kappa shape index (κ3) is 3.34. The molecule has 0 aromatic carbocycles. The predicted molar refractivity (Wildman–Crippen MR) is 111 cm³/mol. The van der Waals surface area contributed by atoms with E-state index in [-0.39, 0.29) is 23.6 Å². The Balaban J connectivity index is 1.68. The predicted octanol–water partition coefficient (Wildman–Crippen LogP) is 2.05. The molecule has 0 unspecified atom stereocenters. The summed E-state index contributed by atoms with van der Waals surface area (Å²) in [5.74, 6) is -2.44. The van der Waals surface area contributed by atoms with E-state index in [9.17, 15) is 19.5 Å². The number of amides is 1. The first-order chi connectivity index (χ1) is 14.5. The van der Waals surface area contributed by atoms with Crippen LogP contribution in [0.1, 0.15) is 40.3 Å². The number of β-lactam (4-membered cyclic amide) rings is 1. The molecular weight excluding hydrogens is 422 g/mol. The third-order valence-electron chi connectivity index (χ3n) is 5.76. The zero-order valence-electron chi connectivity index (χ0n) is 18.0. The standard InChI is InChI=1S/C21H25N3O6S/c1-10-12(14-18-23(8-22-14)6-7-31-18)16(24-15(10)13(11(2)25)17(24)26)19(27)29-9-30-20(28)21(3,4)5/h6-8,10-11,13,15,25H,9H2,1-5H3/t10-,11+,13+,15+/m0/s1. The van der Waals surface area contributed by atoms with E-state index in [1.54, 1.807) is 34.0 Å². The number of nitrogens with zero attached hydrogens (tertiary/aromatic N) is 3. The first kappa shape index (κ1) is 21.5. The molecule has 0 radical (unpaired) electrons. The van der Waals surface area contributed by atoms with Gasteiger partial charge in [-0.2, -0.15) is 0 Å². The molecule has 4 atom stereocenters. The number of aliphatic hydroxyl groups is 1. The number of rotatable bonds is 5. The third-order valence-corrected chi connectivity index (χ3v) is 6.65. The maximum Gasteiger partial charge on any atom is 0.358 e. The molecule has 2 aliphatic heterocycles. The number of carbonyl (C=O) groups excluding carboxylic acids is 3. The van der Waals surface area contributed by atoms with Gasteiger partial charge in [0.2, 0.25) is 12.7 Å². The van der Waals surface area contributed by atoms with Crippen LogP contribution in [0.15, 0.2) is 23.6 Å². The maximum atomic E-state index is 13.1. The van der Waals surface area contributed by atoms with Crippen molar-refractivity contribution in [1.82, 2.24) is 14.3 Å². The molecule has 10 heteroatoms. The van der Waals surface area contributed by atoms with Crippen molar-refractivity contribution in [3.05, 3.63) is 29.3 Å². The van der Waals surface area contributed by atoms with Gasteiger partial charge < -0.3 is 19.5 Å². The van der Waals surface area contributed by atoms with Crippen molar-refractivity contribution in [1.29, 1.82) is 0 Å².